The number of hydrogen-bond acceptors (Lipinski definition) is 2. The van der Waals surface area contributed by atoms with Crippen LogP contribution in [0.3, 0.4) is 0 Å². The maximum absolute atomic E-state index is 13.6. The maximum Gasteiger partial charge on any atom is 0.227 e. The van der Waals surface area contributed by atoms with Crippen molar-refractivity contribution in [1.82, 2.24) is 5.32 Å². The number of benzene rings is 1. The van der Waals surface area contributed by atoms with E-state index in [-0.39, 0.29) is 29.3 Å². The van der Waals surface area contributed by atoms with Gasteiger partial charge in [0.2, 0.25) is 11.8 Å². The molecule has 6 heteroatoms. The summed E-state index contributed by atoms with van der Waals surface area (Å²) >= 11 is 0. The van der Waals surface area contributed by atoms with E-state index in [0.717, 1.165) is 25.0 Å². The van der Waals surface area contributed by atoms with Crippen molar-refractivity contribution in [3.05, 3.63) is 29.8 Å². The summed E-state index contributed by atoms with van der Waals surface area (Å²) in [6.45, 7) is 0. The summed E-state index contributed by atoms with van der Waals surface area (Å²) in [7, 11) is 0. The molecule has 3 rings (SSSR count). The number of carbonyl (C=O) groups is 2. The van der Waals surface area contributed by atoms with Gasteiger partial charge in [-0.25, -0.2) is 8.78 Å². The predicted octanol–water partition coefficient (Wildman–Crippen LogP) is 3.77. The molecule has 2 aliphatic carbocycles. The fourth-order valence-electron chi connectivity index (χ4n) is 3.83. The van der Waals surface area contributed by atoms with Crippen molar-refractivity contribution in [1.29, 1.82) is 0 Å². The lowest BCUT2D eigenvalue weighted by Crippen LogP contribution is -2.39. The van der Waals surface area contributed by atoms with E-state index < -0.39 is 11.6 Å². The average molecular weight is 350 g/mol. The minimum absolute atomic E-state index is 0.00694. The van der Waals surface area contributed by atoms with E-state index in [1.807, 2.05) is 0 Å². The van der Waals surface area contributed by atoms with Gasteiger partial charge in [-0.05, 0) is 50.7 Å². The minimum Gasteiger partial charge on any atom is -0.353 e. The molecule has 25 heavy (non-hydrogen) atoms. The van der Waals surface area contributed by atoms with Crippen LogP contribution in [0.2, 0.25) is 0 Å². The number of anilines is 1. The zero-order valence-corrected chi connectivity index (χ0v) is 14.2. The smallest absolute Gasteiger partial charge is 0.227 e. The molecular weight excluding hydrogens is 326 g/mol. The highest BCUT2D eigenvalue weighted by Crippen LogP contribution is 2.31. The molecule has 136 valence electrons. The molecule has 0 spiro atoms. The van der Waals surface area contributed by atoms with Crippen LogP contribution in [0, 0.1) is 23.5 Å². The number of nitrogens with one attached hydrogen (secondary N) is 2. The third-order valence-electron chi connectivity index (χ3n) is 5.36. The Kier molecular flexibility index (Phi) is 5.66. The molecule has 0 aliphatic heterocycles. The van der Waals surface area contributed by atoms with Gasteiger partial charge in [0.1, 0.15) is 11.6 Å². The number of halogens is 2. The van der Waals surface area contributed by atoms with Gasteiger partial charge >= 0.3 is 0 Å². The molecule has 0 bridgehead atoms. The van der Waals surface area contributed by atoms with Gasteiger partial charge in [-0.15, -0.1) is 0 Å². The summed E-state index contributed by atoms with van der Waals surface area (Å²) in [6.07, 6.45) is 7.04. The molecular formula is C19H24F2N2O2. The fraction of sp³-hybridized carbons (Fsp3) is 0.579. The van der Waals surface area contributed by atoms with Gasteiger partial charge in [0.15, 0.2) is 0 Å². The van der Waals surface area contributed by atoms with Crippen molar-refractivity contribution in [3.8, 4) is 0 Å². The molecule has 0 unspecified atom stereocenters. The second-order valence-corrected chi connectivity index (χ2v) is 7.15. The first kappa shape index (κ1) is 17.8. The molecule has 2 fully saturated rings. The maximum atomic E-state index is 13.6. The van der Waals surface area contributed by atoms with Crippen molar-refractivity contribution in [2.75, 3.05) is 5.32 Å². The molecule has 0 atom stereocenters. The van der Waals surface area contributed by atoms with E-state index in [0.29, 0.717) is 31.7 Å². The quantitative estimate of drug-likeness (QED) is 0.868. The van der Waals surface area contributed by atoms with Gasteiger partial charge in [-0.1, -0.05) is 12.8 Å². The van der Waals surface area contributed by atoms with E-state index in [2.05, 4.69) is 10.6 Å². The van der Waals surface area contributed by atoms with Crippen LogP contribution >= 0.6 is 0 Å². The van der Waals surface area contributed by atoms with E-state index in [1.54, 1.807) is 0 Å². The molecule has 4 nitrogen and oxygen atoms in total. The van der Waals surface area contributed by atoms with Crippen molar-refractivity contribution in [2.45, 2.75) is 57.4 Å². The molecule has 2 saturated carbocycles. The Morgan fingerprint density at radius 2 is 1.48 bits per heavy atom. The summed E-state index contributed by atoms with van der Waals surface area (Å²) in [5.41, 5.74) is -0.00694. The summed E-state index contributed by atoms with van der Waals surface area (Å²) in [5.74, 6) is -1.88. The van der Waals surface area contributed by atoms with Gasteiger partial charge in [-0.2, -0.15) is 0 Å². The van der Waals surface area contributed by atoms with Crippen LogP contribution in [-0.4, -0.2) is 17.9 Å². The van der Waals surface area contributed by atoms with E-state index in [9.17, 15) is 18.4 Å². The van der Waals surface area contributed by atoms with Crippen LogP contribution in [0.25, 0.3) is 0 Å². The number of carbonyl (C=O) groups excluding carboxylic acids is 2. The molecule has 0 saturated heterocycles. The second-order valence-electron chi connectivity index (χ2n) is 7.15. The SMILES string of the molecule is O=C(Nc1ccc(F)cc1F)C1CCC(C(=O)NC2CCCC2)CC1. The van der Waals surface area contributed by atoms with E-state index in [4.69, 9.17) is 0 Å². The molecule has 1 aromatic carbocycles. The van der Waals surface area contributed by atoms with E-state index in [1.165, 1.54) is 18.9 Å². The molecule has 0 heterocycles. The Hall–Kier alpha value is -1.98. The van der Waals surface area contributed by atoms with Gasteiger partial charge in [0, 0.05) is 23.9 Å². The van der Waals surface area contributed by atoms with Crippen LogP contribution in [0.5, 0.6) is 0 Å². The van der Waals surface area contributed by atoms with Crippen LogP contribution in [0.4, 0.5) is 14.5 Å². The summed E-state index contributed by atoms with van der Waals surface area (Å²) < 4.78 is 26.5. The van der Waals surface area contributed by atoms with Gasteiger partial charge in [0.05, 0.1) is 5.69 Å². The lowest BCUT2D eigenvalue weighted by molar-refractivity contribution is -0.129. The first-order chi connectivity index (χ1) is 12.0. The lowest BCUT2D eigenvalue weighted by atomic mass is 9.81. The van der Waals surface area contributed by atoms with Crippen molar-refractivity contribution >= 4 is 17.5 Å². The first-order valence-electron chi connectivity index (χ1n) is 9.09. The molecule has 0 aromatic heterocycles. The highest BCUT2D eigenvalue weighted by molar-refractivity contribution is 5.92. The van der Waals surface area contributed by atoms with Crippen LogP contribution in [-0.2, 0) is 9.59 Å². The Morgan fingerprint density at radius 1 is 0.880 bits per heavy atom. The molecule has 1 aromatic rings. The average Bonchev–Trinajstić information content (AvgIpc) is 3.10. The largest absolute Gasteiger partial charge is 0.353 e. The molecule has 2 N–H and O–H groups in total. The Morgan fingerprint density at radius 3 is 2.08 bits per heavy atom. The molecule has 0 radical (unpaired) electrons. The summed E-state index contributed by atoms with van der Waals surface area (Å²) in [6, 6.07) is 3.40. The van der Waals surface area contributed by atoms with Crippen molar-refractivity contribution < 1.29 is 18.4 Å². The van der Waals surface area contributed by atoms with Gasteiger partial charge < -0.3 is 10.6 Å². The zero-order valence-electron chi connectivity index (χ0n) is 14.2. The molecule has 2 amide bonds. The number of amides is 2. The zero-order chi connectivity index (χ0) is 17.8. The predicted molar refractivity (Wildman–Crippen MR) is 90.8 cm³/mol. The highest BCUT2D eigenvalue weighted by atomic mass is 19.1. The van der Waals surface area contributed by atoms with Gasteiger partial charge in [0.25, 0.3) is 0 Å². The minimum atomic E-state index is -0.780. The highest BCUT2D eigenvalue weighted by Gasteiger charge is 2.31. The monoisotopic (exact) mass is 350 g/mol. The molecule has 2 aliphatic rings. The van der Waals surface area contributed by atoms with Crippen LogP contribution < -0.4 is 10.6 Å². The van der Waals surface area contributed by atoms with Crippen LogP contribution in [0.1, 0.15) is 51.4 Å². The Labute approximate surface area is 146 Å². The Balaban J connectivity index is 1.47. The van der Waals surface area contributed by atoms with Gasteiger partial charge in [-0.3, -0.25) is 9.59 Å². The third kappa shape index (κ3) is 4.55. The summed E-state index contributed by atoms with van der Waals surface area (Å²) in [4.78, 5) is 24.6. The van der Waals surface area contributed by atoms with Crippen molar-refractivity contribution in [3.63, 3.8) is 0 Å². The van der Waals surface area contributed by atoms with E-state index >= 15 is 0 Å². The number of rotatable bonds is 4. The standard InChI is InChI=1S/C19H24F2N2O2/c20-14-9-10-17(16(21)11-14)23-19(25)13-7-5-12(6-8-13)18(24)22-15-3-1-2-4-15/h9-13,15H,1-8H2,(H,22,24)(H,23,25). The lowest BCUT2D eigenvalue weighted by Gasteiger charge is -2.28. The third-order valence-corrected chi connectivity index (χ3v) is 5.36. The normalized spacial score (nSPS) is 24.1. The Bertz CT molecular complexity index is 636. The topological polar surface area (TPSA) is 58.2 Å². The fourth-order valence-corrected chi connectivity index (χ4v) is 3.83. The van der Waals surface area contributed by atoms with Crippen LogP contribution in [0.15, 0.2) is 18.2 Å². The number of hydrogen-bond donors (Lipinski definition) is 2. The first-order valence-corrected chi connectivity index (χ1v) is 9.09. The second kappa shape index (κ2) is 7.93. The summed E-state index contributed by atoms with van der Waals surface area (Å²) in [5, 5.41) is 5.65. The van der Waals surface area contributed by atoms with Crippen molar-refractivity contribution in [2.24, 2.45) is 11.8 Å².